The van der Waals surface area contributed by atoms with E-state index in [2.05, 4.69) is 42.3 Å². The fourth-order valence-electron chi connectivity index (χ4n) is 5.98. The first kappa shape index (κ1) is 22.5. The molecule has 1 aliphatic carbocycles. The van der Waals surface area contributed by atoms with Gasteiger partial charge in [0, 0.05) is 36.4 Å². The molecular weight excluding hydrogens is 426 g/mol. The average molecular weight is 458 g/mol. The van der Waals surface area contributed by atoms with Crippen LogP contribution in [0.2, 0.25) is 0 Å². The summed E-state index contributed by atoms with van der Waals surface area (Å²) in [6.45, 7) is 11.7. The Hall–Kier alpha value is -3.25. The van der Waals surface area contributed by atoms with Gasteiger partial charge in [-0.25, -0.2) is 0 Å². The molecular formula is C28H31N3O3. The van der Waals surface area contributed by atoms with Crippen LogP contribution in [0.5, 0.6) is 0 Å². The van der Waals surface area contributed by atoms with Crippen LogP contribution < -0.4 is 0 Å². The zero-order chi connectivity index (χ0) is 23.8. The molecule has 3 aliphatic rings. The van der Waals surface area contributed by atoms with E-state index in [4.69, 9.17) is 9.72 Å². The van der Waals surface area contributed by atoms with Crippen molar-refractivity contribution in [2.45, 2.75) is 44.7 Å². The third kappa shape index (κ3) is 3.66. The molecule has 0 spiro atoms. The quantitative estimate of drug-likeness (QED) is 0.579. The van der Waals surface area contributed by atoms with Crippen LogP contribution in [0.4, 0.5) is 0 Å². The summed E-state index contributed by atoms with van der Waals surface area (Å²) in [4.78, 5) is 34.8. The normalized spacial score (nSPS) is 23.1. The lowest BCUT2D eigenvalue weighted by atomic mass is 9.96. The smallest absolute Gasteiger partial charge is 0.306 e. The molecule has 0 saturated carbocycles. The minimum Gasteiger partial charge on any atom is -0.466 e. The topological polar surface area (TPSA) is 62.7 Å². The number of aromatic nitrogens is 1. The summed E-state index contributed by atoms with van der Waals surface area (Å²) in [6, 6.07) is 8.94. The number of rotatable bonds is 7. The summed E-state index contributed by atoms with van der Waals surface area (Å²) >= 11 is 0. The second kappa shape index (κ2) is 9.18. The molecule has 2 unspecified atom stereocenters. The van der Waals surface area contributed by atoms with Crippen molar-refractivity contribution < 1.29 is 14.3 Å². The summed E-state index contributed by atoms with van der Waals surface area (Å²) in [5, 5.41) is 2.56. The van der Waals surface area contributed by atoms with E-state index in [0.717, 1.165) is 43.6 Å². The molecule has 6 heteroatoms. The molecule has 1 fully saturated rings. The van der Waals surface area contributed by atoms with Crippen LogP contribution in [0.15, 0.2) is 67.0 Å². The van der Waals surface area contributed by atoms with E-state index < -0.39 is 5.92 Å². The Labute approximate surface area is 200 Å². The number of amides is 1. The molecule has 176 valence electrons. The number of piperidine rings is 1. The molecule has 5 rings (SSSR count). The van der Waals surface area contributed by atoms with Gasteiger partial charge in [-0.15, -0.1) is 0 Å². The molecule has 1 amide bonds. The van der Waals surface area contributed by atoms with Gasteiger partial charge >= 0.3 is 5.97 Å². The maximum absolute atomic E-state index is 13.5. The third-order valence-electron chi connectivity index (χ3n) is 7.50. The lowest BCUT2D eigenvalue weighted by Gasteiger charge is -2.40. The first-order chi connectivity index (χ1) is 16.6. The Balaban J connectivity index is 1.32. The summed E-state index contributed by atoms with van der Waals surface area (Å²) in [6.07, 6.45) is 8.08. The van der Waals surface area contributed by atoms with E-state index in [1.54, 1.807) is 19.1 Å². The highest BCUT2D eigenvalue weighted by Crippen LogP contribution is 2.41. The molecule has 0 N–H and O–H groups in total. The zero-order valence-corrected chi connectivity index (χ0v) is 19.7. The number of pyridine rings is 1. The average Bonchev–Trinajstić information content (AvgIpc) is 3.36. The van der Waals surface area contributed by atoms with E-state index in [-0.39, 0.29) is 30.4 Å². The monoisotopic (exact) mass is 457 g/mol. The number of carbonyl (C=O) groups excluding carboxylic acids is 2. The fourth-order valence-corrected chi connectivity index (χ4v) is 5.98. The van der Waals surface area contributed by atoms with E-state index in [1.165, 1.54) is 22.0 Å². The highest BCUT2D eigenvalue weighted by atomic mass is 16.5. The van der Waals surface area contributed by atoms with Crippen LogP contribution in [0.3, 0.4) is 0 Å². The Kier molecular flexibility index (Phi) is 6.09. The first-order valence-electron chi connectivity index (χ1n) is 12.2. The van der Waals surface area contributed by atoms with Crippen LogP contribution in [0.1, 0.15) is 43.5 Å². The Bertz CT molecular complexity index is 1190. The second-order valence-electron chi connectivity index (χ2n) is 9.22. The highest BCUT2D eigenvalue weighted by Gasteiger charge is 2.43. The van der Waals surface area contributed by atoms with Gasteiger partial charge in [0.15, 0.2) is 0 Å². The van der Waals surface area contributed by atoms with Crippen LogP contribution >= 0.6 is 0 Å². The predicted octanol–water partition coefficient (Wildman–Crippen LogP) is 4.33. The van der Waals surface area contributed by atoms with Crippen molar-refractivity contribution in [1.82, 2.24) is 14.8 Å². The number of nitrogens with zero attached hydrogens (tertiary/aromatic N) is 3. The molecule has 6 nitrogen and oxygen atoms in total. The van der Waals surface area contributed by atoms with E-state index >= 15 is 0 Å². The molecule has 2 aromatic rings. The summed E-state index contributed by atoms with van der Waals surface area (Å²) in [7, 11) is 0. The van der Waals surface area contributed by atoms with Crippen molar-refractivity contribution in [2.75, 3.05) is 19.7 Å². The number of benzene rings is 1. The zero-order valence-electron chi connectivity index (χ0n) is 19.7. The molecule has 0 radical (unpaired) electrons. The van der Waals surface area contributed by atoms with Crippen LogP contribution in [0.25, 0.3) is 10.8 Å². The first-order valence-corrected chi connectivity index (χ1v) is 12.2. The Morgan fingerprint density at radius 2 is 2.00 bits per heavy atom. The molecule has 34 heavy (non-hydrogen) atoms. The van der Waals surface area contributed by atoms with Crippen molar-refractivity contribution in [3.8, 4) is 0 Å². The van der Waals surface area contributed by atoms with Crippen LogP contribution in [0, 0.1) is 5.92 Å². The molecule has 0 bridgehead atoms. The number of hydrogen-bond acceptors (Lipinski definition) is 5. The lowest BCUT2D eigenvalue weighted by Crippen LogP contribution is -2.47. The summed E-state index contributed by atoms with van der Waals surface area (Å²) < 4.78 is 5.11. The van der Waals surface area contributed by atoms with Gasteiger partial charge < -0.3 is 9.64 Å². The van der Waals surface area contributed by atoms with Crippen LogP contribution in [-0.4, -0.2) is 52.4 Å². The van der Waals surface area contributed by atoms with Gasteiger partial charge in [-0.2, -0.15) is 0 Å². The van der Waals surface area contributed by atoms with Gasteiger partial charge in [-0.1, -0.05) is 37.4 Å². The predicted molar refractivity (Wildman–Crippen MR) is 132 cm³/mol. The fraction of sp³-hybridized carbons (Fsp3) is 0.393. The molecule has 2 atom stereocenters. The second-order valence-corrected chi connectivity index (χ2v) is 9.22. The minimum absolute atomic E-state index is 0.0384. The minimum atomic E-state index is -0.547. The number of likely N-dealkylation sites (tertiary alicyclic amines) is 1. The molecule has 1 aromatic carbocycles. The van der Waals surface area contributed by atoms with Crippen molar-refractivity contribution in [1.29, 1.82) is 0 Å². The van der Waals surface area contributed by atoms with Gasteiger partial charge in [-0.3, -0.25) is 19.5 Å². The van der Waals surface area contributed by atoms with E-state index in [1.807, 2.05) is 11.1 Å². The van der Waals surface area contributed by atoms with Crippen molar-refractivity contribution in [3.63, 3.8) is 0 Å². The van der Waals surface area contributed by atoms with Crippen molar-refractivity contribution >= 4 is 22.6 Å². The number of carbonyl (C=O) groups is 2. The molecule has 1 aromatic heterocycles. The number of allylic oxidation sites excluding steroid dienone is 2. The van der Waals surface area contributed by atoms with Crippen molar-refractivity contribution in [3.05, 3.63) is 78.3 Å². The largest absolute Gasteiger partial charge is 0.466 e. The molecule has 2 aliphatic heterocycles. The number of ether oxygens (including phenoxy) is 1. The van der Waals surface area contributed by atoms with Crippen molar-refractivity contribution in [2.24, 2.45) is 5.92 Å². The summed E-state index contributed by atoms with van der Waals surface area (Å²) in [5.41, 5.74) is 4.11. The summed E-state index contributed by atoms with van der Waals surface area (Å²) in [5.74, 6) is -0.951. The number of hydrogen-bond donors (Lipinski definition) is 0. The SMILES string of the molecule is C=CC1=C(C=C)N(C2CCN(C3Cc4cccc5ccnc3c45)CC2)C(=O)C1CC(=O)OCC. The van der Waals surface area contributed by atoms with Gasteiger partial charge in [0.25, 0.3) is 0 Å². The van der Waals surface area contributed by atoms with Gasteiger partial charge in [0.2, 0.25) is 5.91 Å². The van der Waals surface area contributed by atoms with E-state index in [9.17, 15) is 9.59 Å². The third-order valence-corrected chi connectivity index (χ3v) is 7.50. The van der Waals surface area contributed by atoms with Gasteiger partial charge in [0.1, 0.15) is 0 Å². The van der Waals surface area contributed by atoms with Gasteiger partial charge in [-0.05, 0) is 54.9 Å². The highest BCUT2D eigenvalue weighted by molar-refractivity contribution is 5.92. The number of esters is 1. The maximum Gasteiger partial charge on any atom is 0.306 e. The Morgan fingerprint density at radius 3 is 2.71 bits per heavy atom. The maximum atomic E-state index is 13.5. The lowest BCUT2D eigenvalue weighted by molar-refractivity contribution is -0.147. The standard InChI is InChI=1S/C28H31N3O3/c1-4-21-22(17-25(32)34-6-3)28(33)31(23(21)5-2)20-11-14-30(15-12-20)24-16-19-9-7-8-18-10-13-29-27(24)26(18)19/h4-5,7-10,13,20,22,24H,1-2,6,11-12,14-17H2,3H3. The molecule has 1 saturated heterocycles. The van der Waals surface area contributed by atoms with Crippen LogP contribution in [-0.2, 0) is 20.7 Å². The Morgan fingerprint density at radius 1 is 1.21 bits per heavy atom. The van der Waals surface area contributed by atoms with Gasteiger partial charge in [0.05, 0.1) is 30.7 Å². The van der Waals surface area contributed by atoms with E-state index in [0.29, 0.717) is 6.61 Å². The molecule has 3 heterocycles.